The Morgan fingerprint density at radius 3 is 2.68 bits per heavy atom. The average molecular weight is 329 g/mol. The standard InChI is InChI=1S/C15H25BrN2O/c1-4-18(8-5-9-19)15-7-6-14(16)10-13(15)11-17-12(2)3/h6-7,10,12,17,19H,4-5,8-9,11H2,1-3H3. The molecule has 0 amide bonds. The lowest BCUT2D eigenvalue weighted by Crippen LogP contribution is -2.28. The number of anilines is 1. The first-order valence-corrected chi connectivity index (χ1v) is 7.75. The van der Waals surface area contributed by atoms with Gasteiger partial charge >= 0.3 is 0 Å². The second-order valence-electron chi connectivity index (χ2n) is 4.97. The molecule has 0 aliphatic heterocycles. The van der Waals surface area contributed by atoms with Gasteiger partial charge in [0, 0.05) is 42.4 Å². The lowest BCUT2D eigenvalue weighted by molar-refractivity contribution is 0.289. The van der Waals surface area contributed by atoms with Crippen molar-refractivity contribution in [3.8, 4) is 0 Å². The van der Waals surface area contributed by atoms with Gasteiger partial charge in [0.25, 0.3) is 0 Å². The number of benzene rings is 1. The molecule has 0 atom stereocenters. The highest BCUT2D eigenvalue weighted by atomic mass is 79.9. The van der Waals surface area contributed by atoms with Crippen LogP contribution >= 0.6 is 15.9 Å². The number of hydrogen-bond acceptors (Lipinski definition) is 3. The van der Waals surface area contributed by atoms with E-state index in [9.17, 15) is 0 Å². The number of aliphatic hydroxyl groups excluding tert-OH is 1. The van der Waals surface area contributed by atoms with Crippen LogP contribution in [-0.4, -0.2) is 30.8 Å². The minimum absolute atomic E-state index is 0.243. The highest BCUT2D eigenvalue weighted by Crippen LogP contribution is 2.25. The summed E-state index contributed by atoms with van der Waals surface area (Å²) in [6, 6.07) is 6.88. The Labute approximate surface area is 125 Å². The van der Waals surface area contributed by atoms with E-state index in [0.29, 0.717) is 6.04 Å². The highest BCUT2D eigenvalue weighted by Gasteiger charge is 2.10. The predicted octanol–water partition coefficient (Wildman–Crippen LogP) is 3.16. The largest absolute Gasteiger partial charge is 0.396 e. The number of nitrogens with zero attached hydrogens (tertiary/aromatic N) is 1. The third-order valence-electron chi connectivity index (χ3n) is 3.05. The van der Waals surface area contributed by atoms with Crippen molar-refractivity contribution in [3.63, 3.8) is 0 Å². The van der Waals surface area contributed by atoms with E-state index < -0.39 is 0 Å². The summed E-state index contributed by atoms with van der Waals surface area (Å²) in [6.07, 6.45) is 0.807. The van der Waals surface area contributed by atoms with E-state index in [1.807, 2.05) is 0 Å². The molecule has 0 saturated carbocycles. The molecule has 19 heavy (non-hydrogen) atoms. The van der Waals surface area contributed by atoms with Crippen molar-refractivity contribution < 1.29 is 5.11 Å². The monoisotopic (exact) mass is 328 g/mol. The van der Waals surface area contributed by atoms with Crippen molar-refractivity contribution in [3.05, 3.63) is 28.2 Å². The van der Waals surface area contributed by atoms with Crippen LogP contribution < -0.4 is 10.2 Å². The molecule has 1 rings (SSSR count). The molecule has 0 spiro atoms. The number of rotatable bonds is 8. The van der Waals surface area contributed by atoms with Crippen LogP contribution in [0.3, 0.4) is 0 Å². The van der Waals surface area contributed by atoms with Crippen molar-refractivity contribution in [1.82, 2.24) is 5.32 Å². The normalized spacial score (nSPS) is 11.1. The van der Waals surface area contributed by atoms with E-state index in [-0.39, 0.29) is 6.61 Å². The van der Waals surface area contributed by atoms with Gasteiger partial charge < -0.3 is 15.3 Å². The molecule has 1 aromatic carbocycles. The fourth-order valence-electron chi connectivity index (χ4n) is 2.03. The first kappa shape index (κ1) is 16.5. The van der Waals surface area contributed by atoms with Gasteiger partial charge in [0.1, 0.15) is 0 Å². The van der Waals surface area contributed by atoms with Gasteiger partial charge in [0.05, 0.1) is 0 Å². The first-order chi connectivity index (χ1) is 9.08. The molecule has 0 heterocycles. The molecule has 3 nitrogen and oxygen atoms in total. The fourth-order valence-corrected chi connectivity index (χ4v) is 2.44. The summed E-state index contributed by atoms with van der Waals surface area (Å²) in [5, 5.41) is 12.5. The average Bonchev–Trinajstić information content (AvgIpc) is 2.38. The van der Waals surface area contributed by atoms with Gasteiger partial charge in [-0.2, -0.15) is 0 Å². The van der Waals surface area contributed by atoms with E-state index in [4.69, 9.17) is 5.11 Å². The van der Waals surface area contributed by atoms with Crippen molar-refractivity contribution >= 4 is 21.6 Å². The van der Waals surface area contributed by atoms with Crippen LogP contribution in [0.4, 0.5) is 5.69 Å². The second kappa shape index (κ2) is 8.56. The summed E-state index contributed by atoms with van der Waals surface area (Å²) in [4.78, 5) is 2.32. The zero-order chi connectivity index (χ0) is 14.3. The van der Waals surface area contributed by atoms with Crippen LogP contribution in [0, 0.1) is 0 Å². The molecule has 0 aliphatic carbocycles. The molecule has 0 unspecified atom stereocenters. The van der Waals surface area contributed by atoms with Crippen LogP contribution in [0.5, 0.6) is 0 Å². The third-order valence-corrected chi connectivity index (χ3v) is 3.54. The summed E-state index contributed by atoms with van der Waals surface area (Å²) >= 11 is 3.54. The Balaban J connectivity index is 2.89. The van der Waals surface area contributed by atoms with Crippen molar-refractivity contribution in [2.45, 2.75) is 39.8 Å². The first-order valence-electron chi connectivity index (χ1n) is 6.96. The van der Waals surface area contributed by atoms with Gasteiger partial charge in [-0.05, 0) is 37.1 Å². The second-order valence-corrected chi connectivity index (χ2v) is 5.88. The molecular formula is C15H25BrN2O. The minimum atomic E-state index is 0.243. The minimum Gasteiger partial charge on any atom is -0.396 e. The van der Waals surface area contributed by atoms with E-state index in [2.05, 4.69) is 65.1 Å². The predicted molar refractivity (Wildman–Crippen MR) is 85.7 cm³/mol. The number of halogens is 1. The van der Waals surface area contributed by atoms with Gasteiger partial charge in [-0.3, -0.25) is 0 Å². The Kier molecular flexibility index (Phi) is 7.42. The molecular weight excluding hydrogens is 304 g/mol. The zero-order valence-electron chi connectivity index (χ0n) is 12.1. The maximum Gasteiger partial charge on any atom is 0.0447 e. The van der Waals surface area contributed by atoms with Crippen LogP contribution in [-0.2, 0) is 6.54 Å². The van der Waals surface area contributed by atoms with Crippen LogP contribution in [0.25, 0.3) is 0 Å². The maximum atomic E-state index is 9.00. The van der Waals surface area contributed by atoms with E-state index >= 15 is 0 Å². The Morgan fingerprint density at radius 1 is 1.37 bits per heavy atom. The molecule has 108 valence electrons. The topological polar surface area (TPSA) is 35.5 Å². The summed E-state index contributed by atoms with van der Waals surface area (Å²) < 4.78 is 1.11. The Bertz CT molecular complexity index is 382. The van der Waals surface area contributed by atoms with E-state index in [1.165, 1.54) is 11.3 Å². The zero-order valence-corrected chi connectivity index (χ0v) is 13.7. The van der Waals surface area contributed by atoms with E-state index in [1.54, 1.807) is 0 Å². The number of nitrogens with one attached hydrogen (secondary N) is 1. The van der Waals surface area contributed by atoms with Crippen LogP contribution in [0.2, 0.25) is 0 Å². The molecule has 0 aromatic heterocycles. The smallest absolute Gasteiger partial charge is 0.0447 e. The summed E-state index contributed by atoms with van der Waals surface area (Å²) in [5.74, 6) is 0. The van der Waals surface area contributed by atoms with Crippen molar-refractivity contribution in [2.75, 3.05) is 24.6 Å². The molecule has 0 aliphatic rings. The molecule has 0 radical (unpaired) electrons. The van der Waals surface area contributed by atoms with Gasteiger partial charge in [0.15, 0.2) is 0 Å². The highest BCUT2D eigenvalue weighted by molar-refractivity contribution is 9.10. The quantitative estimate of drug-likeness (QED) is 0.769. The number of hydrogen-bond donors (Lipinski definition) is 2. The van der Waals surface area contributed by atoms with Crippen molar-refractivity contribution in [2.24, 2.45) is 0 Å². The van der Waals surface area contributed by atoms with Gasteiger partial charge in [0.2, 0.25) is 0 Å². The Morgan fingerprint density at radius 2 is 2.11 bits per heavy atom. The molecule has 4 heteroatoms. The lowest BCUT2D eigenvalue weighted by Gasteiger charge is -2.26. The van der Waals surface area contributed by atoms with Gasteiger partial charge in [-0.1, -0.05) is 29.8 Å². The molecule has 0 saturated heterocycles. The SMILES string of the molecule is CCN(CCCO)c1ccc(Br)cc1CNC(C)C. The van der Waals surface area contributed by atoms with Crippen LogP contribution in [0.1, 0.15) is 32.8 Å². The maximum absolute atomic E-state index is 9.00. The number of aliphatic hydroxyl groups is 1. The Hall–Kier alpha value is -0.580. The van der Waals surface area contributed by atoms with Crippen molar-refractivity contribution in [1.29, 1.82) is 0 Å². The van der Waals surface area contributed by atoms with E-state index in [0.717, 1.165) is 30.5 Å². The van der Waals surface area contributed by atoms with Gasteiger partial charge in [-0.15, -0.1) is 0 Å². The lowest BCUT2D eigenvalue weighted by atomic mass is 10.1. The molecule has 0 bridgehead atoms. The molecule has 1 aromatic rings. The third kappa shape index (κ3) is 5.51. The molecule has 0 fully saturated rings. The summed E-state index contributed by atoms with van der Waals surface area (Å²) in [6.45, 7) is 9.41. The molecule has 2 N–H and O–H groups in total. The van der Waals surface area contributed by atoms with Crippen LogP contribution in [0.15, 0.2) is 22.7 Å². The summed E-state index contributed by atoms with van der Waals surface area (Å²) in [7, 11) is 0. The van der Waals surface area contributed by atoms with Gasteiger partial charge in [-0.25, -0.2) is 0 Å². The fraction of sp³-hybridized carbons (Fsp3) is 0.600. The summed E-state index contributed by atoms with van der Waals surface area (Å²) in [5.41, 5.74) is 2.55.